The van der Waals surface area contributed by atoms with E-state index in [0.717, 1.165) is 18.8 Å². The Kier molecular flexibility index (Phi) is 7.36. The van der Waals surface area contributed by atoms with Gasteiger partial charge in [-0.2, -0.15) is 4.31 Å². The molecule has 2 aliphatic rings. The number of benzene rings is 2. The van der Waals surface area contributed by atoms with Gasteiger partial charge in [-0.05, 0) is 69.2 Å². The lowest BCUT2D eigenvalue weighted by Crippen LogP contribution is -2.48. The van der Waals surface area contributed by atoms with Crippen LogP contribution in [0.25, 0.3) is 0 Å². The SMILES string of the molecule is C[C@@H]1CN(S(=O)(=O)c2cccc(C(=O)Nc3ccc(N4CCCCCC4)cc3)c2)C[C@H](C)O1. The van der Waals surface area contributed by atoms with Crippen LogP contribution in [0.15, 0.2) is 53.4 Å². The van der Waals surface area contributed by atoms with Crippen LogP contribution in [-0.2, 0) is 14.8 Å². The van der Waals surface area contributed by atoms with Gasteiger partial charge in [0.1, 0.15) is 0 Å². The topological polar surface area (TPSA) is 79.0 Å². The van der Waals surface area contributed by atoms with Crippen molar-refractivity contribution in [2.45, 2.75) is 56.6 Å². The Morgan fingerprint density at radius 1 is 0.939 bits per heavy atom. The van der Waals surface area contributed by atoms with Crippen molar-refractivity contribution in [1.82, 2.24) is 4.31 Å². The van der Waals surface area contributed by atoms with Gasteiger partial charge in [-0.3, -0.25) is 4.79 Å². The van der Waals surface area contributed by atoms with Gasteiger partial charge in [-0.25, -0.2) is 8.42 Å². The van der Waals surface area contributed by atoms with Gasteiger partial charge in [0.05, 0.1) is 17.1 Å². The molecule has 0 unspecified atom stereocenters. The third kappa shape index (κ3) is 5.75. The van der Waals surface area contributed by atoms with Gasteiger partial charge in [0.2, 0.25) is 10.0 Å². The van der Waals surface area contributed by atoms with Gasteiger partial charge in [0.15, 0.2) is 0 Å². The Labute approximate surface area is 196 Å². The Hall–Kier alpha value is -2.42. The van der Waals surface area contributed by atoms with E-state index in [9.17, 15) is 13.2 Å². The maximum atomic E-state index is 13.2. The monoisotopic (exact) mass is 471 g/mol. The number of hydrogen-bond acceptors (Lipinski definition) is 5. The van der Waals surface area contributed by atoms with Crippen LogP contribution in [0.2, 0.25) is 0 Å². The van der Waals surface area contributed by atoms with E-state index in [4.69, 9.17) is 4.74 Å². The molecule has 178 valence electrons. The number of hydrogen-bond donors (Lipinski definition) is 1. The fraction of sp³-hybridized carbons (Fsp3) is 0.480. The zero-order valence-corrected chi connectivity index (χ0v) is 20.2. The number of ether oxygens (including phenoxy) is 1. The van der Waals surface area contributed by atoms with Crippen molar-refractivity contribution in [2.75, 3.05) is 36.4 Å². The molecule has 0 spiro atoms. The van der Waals surface area contributed by atoms with Crippen molar-refractivity contribution >= 4 is 27.3 Å². The summed E-state index contributed by atoms with van der Waals surface area (Å²) in [4.78, 5) is 15.4. The minimum absolute atomic E-state index is 0.118. The molecule has 2 saturated heterocycles. The summed E-state index contributed by atoms with van der Waals surface area (Å²) in [6.07, 6.45) is 4.63. The number of carbonyl (C=O) groups is 1. The molecule has 0 radical (unpaired) electrons. The lowest BCUT2D eigenvalue weighted by atomic mass is 10.2. The molecule has 0 saturated carbocycles. The average Bonchev–Trinajstić information content (AvgIpc) is 3.09. The summed E-state index contributed by atoms with van der Waals surface area (Å²) in [5, 5.41) is 2.89. The normalized spacial score (nSPS) is 22.5. The molecule has 1 N–H and O–H groups in total. The van der Waals surface area contributed by atoms with Crippen LogP contribution in [0.3, 0.4) is 0 Å². The summed E-state index contributed by atoms with van der Waals surface area (Å²) in [7, 11) is -3.71. The van der Waals surface area contributed by atoms with Crippen LogP contribution in [-0.4, -0.2) is 57.0 Å². The van der Waals surface area contributed by atoms with Crippen molar-refractivity contribution in [3.63, 3.8) is 0 Å². The lowest BCUT2D eigenvalue weighted by Gasteiger charge is -2.34. The fourth-order valence-electron chi connectivity index (χ4n) is 4.56. The fourth-order valence-corrected chi connectivity index (χ4v) is 6.20. The van der Waals surface area contributed by atoms with Crippen molar-refractivity contribution in [1.29, 1.82) is 0 Å². The summed E-state index contributed by atoms with van der Waals surface area (Å²) in [6.45, 7) is 6.45. The molecule has 7 nitrogen and oxygen atoms in total. The van der Waals surface area contributed by atoms with Gasteiger partial charge >= 0.3 is 0 Å². The number of nitrogens with zero attached hydrogens (tertiary/aromatic N) is 2. The molecule has 0 aliphatic carbocycles. The van der Waals surface area contributed by atoms with Crippen molar-refractivity contribution < 1.29 is 17.9 Å². The Balaban J connectivity index is 1.45. The first-order valence-corrected chi connectivity index (χ1v) is 13.2. The van der Waals surface area contributed by atoms with Crippen molar-refractivity contribution in [2.24, 2.45) is 0 Å². The molecule has 33 heavy (non-hydrogen) atoms. The van der Waals surface area contributed by atoms with E-state index in [-0.39, 0.29) is 23.0 Å². The largest absolute Gasteiger partial charge is 0.373 e. The maximum absolute atomic E-state index is 13.2. The number of amides is 1. The molecule has 2 aliphatic heterocycles. The molecular formula is C25H33N3O4S. The maximum Gasteiger partial charge on any atom is 0.255 e. The van der Waals surface area contributed by atoms with Gasteiger partial charge in [0, 0.05) is 43.1 Å². The highest BCUT2D eigenvalue weighted by molar-refractivity contribution is 7.89. The van der Waals surface area contributed by atoms with Crippen molar-refractivity contribution in [3.8, 4) is 0 Å². The molecule has 8 heteroatoms. The average molecular weight is 472 g/mol. The summed E-state index contributed by atoms with van der Waals surface area (Å²) < 4.78 is 33.4. The zero-order valence-electron chi connectivity index (χ0n) is 19.4. The highest BCUT2D eigenvalue weighted by atomic mass is 32.2. The second kappa shape index (κ2) is 10.2. The predicted molar refractivity (Wildman–Crippen MR) is 130 cm³/mol. The second-order valence-electron chi connectivity index (χ2n) is 9.01. The highest BCUT2D eigenvalue weighted by Crippen LogP contribution is 2.24. The van der Waals surface area contributed by atoms with Crippen LogP contribution in [0, 0.1) is 0 Å². The summed E-state index contributed by atoms with van der Waals surface area (Å²) >= 11 is 0. The zero-order chi connectivity index (χ0) is 23.4. The van der Waals surface area contributed by atoms with Gasteiger partial charge in [-0.1, -0.05) is 18.9 Å². The van der Waals surface area contributed by atoms with Gasteiger partial charge in [-0.15, -0.1) is 0 Å². The molecule has 2 fully saturated rings. The Bertz CT molecular complexity index is 1050. The smallest absolute Gasteiger partial charge is 0.255 e. The van der Waals surface area contributed by atoms with E-state index in [1.807, 2.05) is 38.1 Å². The number of morpholine rings is 1. The third-order valence-electron chi connectivity index (χ3n) is 6.22. The van der Waals surface area contributed by atoms with Crippen molar-refractivity contribution in [3.05, 3.63) is 54.1 Å². The number of nitrogens with one attached hydrogen (secondary N) is 1. The van der Waals surface area contributed by atoms with E-state index < -0.39 is 10.0 Å². The molecule has 0 bridgehead atoms. The lowest BCUT2D eigenvalue weighted by molar-refractivity contribution is -0.0440. The highest BCUT2D eigenvalue weighted by Gasteiger charge is 2.32. The quantitative estimate of drug-likeness (QED) is 0.710. The van der Waals surface area contributed by atoms with Gasteiger partial charge in [0.25, 0.3) is 5.91 Å². The standard InChI is InChI=1S/C25H33N3O4S/c1-19-17-28(18-20(2)32-19)33(30,31)24-9-7-8-21(16-24)25(29)26-22-10-12-23(13-11-22)27-14-5-3-4-6-15-27/h7-13,16,19-20H,3-6,14-15,17-18H2,1-2H3,(H,26,29)/t19-,20+. The van der Waals surface area contributed by atoms with Crippen LogP contribution in [0.1, 0.15) is 49.9 Å². The molecule has 1 amide bonds. The molecule has 2 aromatic carbocycles. The minimum atomic E-state index is -3.71. The van der Waals surface area contributed by atoms with E-state index in [0.29, 0.717) is 24.3 Å². The van der Waals surface area contributed by atoms with Crippen LogP contribution in [0.5, 0.6) is 0 Å². The van der Waals surface area contributed by atoms with E-state index in [1.54, 1.807) is 12.1 Å². The molecule has 2 heterocycles. The molecule has 4 rings (SSSR count). The Morgan fingerprint density at radius 3 is 2.21 bits per heavy atom. The van der Waals surface area contributed by atoms with Gasteiger partial charge < -0.3 is 15.0 Å². The number of carbonyl (C=O) groups excluding carboxylic acids is 1. The summed E-state index contributed by atoms with van der Waals surface area (Å²) in [6, 6.07) is 14.1. The summed E-state index contributed by atoms with van der Waals surface area (Å²) in [5.41, 5.74) is 2.15. The van der Waals surface area contributed by atoms with E-state index >= 15 is 0 Å². The summed E-state index contributed by atoms with van der Waals surface area (Å²) in [5.74, 6) is -0.335. The molecule has 0 aromatic heterocycles. The number of rotatable bonds is 5. The first kappa shape index (κ1) is 23.7. The third-order valence-corrected chi connectivity index (χ3v) is 8.04. The Morgan fingerprint density at radius 2 is 1.58 bits per heavy atom. The molecule has 2 aromatic rings. The predicted octanol–water partition coefficient (Wildman–Crippen LogP) is 4.12. The van der Waals surface area contributed by atoms with E-state index in [1.165, 1.54) is 42.1 Å². The first-order chi connectivity index (χ1) is 15.8. The second-order valence-corrected chi connectivity index (χ2v) is 10.9. The van der Waals surface area contributed by atoms with Crippen LogP contribution < -0.4 is 10.2 Å². The first-order valence-electron chi connectivity index (χ1n) is 11.7. The molecular weight excluding hydrogens is 438 g/mol. The number of anilines is 2. The molecule has 2 atom stereocenters. The van der Waals surface area contributed by atoms with E-state index in [2.05, 4.69) is 10.2 Å². The number of sulfonamides is 1. The minimum Gasteiger partial charge on any atom is -0.373 e. The van der Waals surface area contributed by atoms with Crippen LogP contribution in [0.4, 0.5) is 11.4 Å². The van der Waals surface area contributed by atoms with Crippen LogP contribution >= 0.6 is 0 Å².